The van der Waals surface area contributed by atoms with E-state index in [0.717, 1.165) is 36.8 Å². The maximum atomic E-state index is 8.45. The average molecular weight is 956 g/mol. The van der Waals surface area contributed by atoms with E-state index in [4.69, 9.17) is 11.0 Å². The minimum absolute atomic E-state index is 0.0750. The SMILES string of the molecule is CC(C)(C)c1ccc(C2CCCC2)cc1.CC(C)c1ccc(C(C)(C)C)cc1.[2H]C(C)(C)c1ccc(C(C)(C)C)cc1.[2H]C([2H])([2H])C([2H])(c1ccc(C(C)(C)C)cc1)C([2H])([2H])C.[2H]C1(c2ccc(C(C)(C)C)cc2)CCCC1. The third kappa shape index (κ3) is 20.3. The highest BCUT2D eigenvalue weighted by Gasteiger charge is 2.21. The molecule has 2 aliphatic rings. The van der Waals surface area contributed by atoms with Crippen molar-refractivity contribution in [2.45, 2.75) is 260 Å². The molecule has 70 heavy (non-hydrogen) atoms. The zero-order chi connectivity index (χ0) is 59.7. The molecule has 0 N–H and O–H groups in total. The molecule has 1 atom stereocenters. The average Bonchev–Trinajstić information content (AvgIpc) is 4.04. The standard InChI is InChI=1S/2C15H22.C14H22.2C13H20/c2*1-15(2,3)14-10-8-13(9-11-14)12-6-4-5-7-12;1-6-11(2)12-7-9-13(10-8-12)14(3,4)5;2*1-10(2)11-6-8-12(9-7-11)13(3,4)5/h2*8-12H,4-7H2,1-3H3;7-11H,6H2,1-5H3;2*6-10H,1-5H3/i12D;;2D3,6D2,11D;10D;. The van der Waals surface area contributed by atoms with Gasteiger partial charge in [-0.25, -0.2) is 0 Å². The fourth-order valence-electron chi connectivity index (χ4n) is 8.76. The van der Waals surface area contributed by atoms with Crippen molar-refractivity contribution in [1.82, 2.24) is 0 Å². The highest BCUT2D eigenvalue weighted by atomic mass is 14.3. The largest absolute Gasteiger partial charge is 0.0648 e. The summed E-state index contributed by atoms with van der Waals surface area (Å²) in [6, 6.07) is 42.1. The van der Waals surface area contributed by atoms with Gasteiger partial charge in [-0.05, 0) is 144 Å². The van der Waals surface area contributed by atoms with Gasteiger partial charge in [0, 0.05) is 11.0 Å². The maximum Gasteiger partial charge on any atom is 0.0352 e. The lowest BCUT2D eigenvalue weighted by Gasteiger charge is -2.20. The van der Waals surface area contributed by atoms with E-state index in [0.29, 0.717) is 5.92 Å². The minimum Gasteiger partial charge on any atom is -0.0648 e. The molecular weight excluding hydrogens is 841 g/mol. The van der Waals surface area contributed by atoms with Crippen molar-refractivity contribution in [3.63, 3.8) is 0 Å². The van der Waals surface area contributed by atoms with Crippen molar-refractivity contribution in [3.8, 4) is 0 Å². The molecule has 0 heteroatoms. The van der Waals surface area contributed by atoms with Crippen molar-refractivity contribution >= 4 is 0 Å². The van der Waals surface area contributed by atoms with Gasteiger partial charge in [0.1, 0.15) is 0 Å². The summed E-state index contributed by atoms with van der Waals surface area (Å²) in [6.45, 7) is 39.7. The number of benzene rings is 5. The van der Waals surface area contributed by atoms with Gasteiger partial charge in [0.05, 0.1) is 0 Å². The predicted molar refractivity (Wildman–Crippen MR) is 315 cm³/mol. The summed E-state index contributed by atoms with van der Waals surface area (Å²) in [4.78, 5) is 0. The second-order valence-corrected chi connectivity index (χ2v) is 25.8. The maximum absolute atomic E-state index is 8.45. The summed E-state index contributed by atoms with van der Waals surface area (Å²) < 4.78 is 62.8. The molecule has 2 aliphatic carbocycles. The summed E-state index contributed by atoms with van der Waals surface area (Å²) in [5.74, 6) is -1.59. The third-order valence-electron chi connectivity index (χ3n) is 14.0. The van der Waals surface area contributed by atoms with E-state index >= 15 is 0 Å². The molecule has 0 aliphatic heterocycles. The molecule has 0 saturated heterocycles. The monoisotopic (exact) mass is 955 g/mol. The Labute approximate surface area is 446 Å². The molecule has 0 heterocycles. The quantitative estimate of drug-likeness (QED) is 0.159. The Morgan fingerprint density at radius 2 is 0.714 bits per heavy atom. The fourth-order valence-corrected chi connectivity index (χ4v) is 8.76. The summed E-state index contributed by atoms with van der Waals surface area (Å²) in [6.07, 6.45) is 7.95. The van der Waals surface area contributed by atoms with Crippen LogP contribution < -0.4 is 0 Å². The first-order valence-corrected chi connectivity index (χ1v) is 26.9. The predicted octanol–water partition coefficient (Wildman–Crippen LogP) is 22.0. The van der Waals surface area contributed by atoms with Gasteiger partial charge in [-0.3, -0.25) is 0 Å². The molecular formula is C70H106. The van der Waals surface area contributed by atoms with Gasteiger partial charge in [-0.2, -0.15) is 0 Å². The first-order chi connectivity index (χ1) is 35.3. The van der Waals surface area contributed by atoms with E-state index in [1.165, 1.54) is 71.9 Å². The van der Waals surface area contributed by atoms with Crippen LogP contribution in [-0.2, 0) is 27.1 Å². The Bertz CT molecular complexity index is 2480. The smallest absolute Gasteiger partial charge is 0.0352 e. The van der Waals surface area contributed by atoms with Crippen molar-refractivity contribution in [1.29, 1.82) is 0 Å². The van der Waals surface area contributed by atoms with Crippen molar-refractivity contribution < 1.29 is 11.0 Å². The van der Waals surface area contributed by atoms with Gasteiger partial charge in [0.15, 0.2) is 0 Å². The molecule has 7 rings (SSSR count). The lowest BCUT2D eigenvalue weighted by molar-refractivity contribution is 0.589. The van der Waals surface area contributed by atoms with Crippen LogP contribution in [0.2, 0.25) is 0 Å². The highest BCUT2D eigenvalue weighted by Crippen LogP contribution is 2.36. The lowest BCUT2D eigenvalue weighted by atomic mass is 9.85. The number of hydrogen-bond donors (Lipinski definition) is 0. The first kappa shape index (κ1) is 48.4. The van der Waals surface area contributed by atoms with Crippen LogP contribution in [0.25, 0.3) is 0 Å². The molecule has 2 saturated carbocycles. The van der Waals surface area contributed by atoms with E-state index in [2.05, 4.69) is 194 Å². The molecule has 0 nitrogen and oxygen atoms in total. The molecule has 5 aromatic carbocycles. The molecule has 386 valence electrons. The van der Waals surface area contributed by atoms with E-state index in [9.17, 15) is 0 Å². The van der Waals surface area contributed by atoms with Crippen LogP contribution in [0.4, 0.5) is 0 Å². The molecule has 0 aromatic heterocycles. The fraction of sp³-hybridized carbons (Fsp3) is 0.571. The lowest BCUT2D eigenvalue weighted by Crippen LogP contribution is -2.10. The van der Waals surface area contributed by atoms with Crippen LogP contribution in [-0.4, -0.2) is 0 Å². The van der Waals surface area contributed by atoms with Crippen molar-refractivity contribution in [3.05, 3.63) is 177 Å². The molecule has 0 amide bonds. The Kier molecular flexibility index (Phi) is 18.4. The summed E-state index contributed by atoms with van der Waals surface area (Å²) >= 11 is 0. The van der Waals surface area contributed by atoms with Crippen LogP contribution in [0.15, 0.2) is 121 Å². The number of hydrogen-bond acceptors (Lipinski definition) is 0. The second-order valence-electron chi connectivity index (χ2n) is 25.8. The van der Waals surface area contributed by atoms with Gasteiger partial charge in [-0.15, -0.1) is 0 Å². The Hall–Kier alpha value is -3.90. The van der Waals surface area contributed by atoms with Crippen LogP contribution in [0, 0.1) is 0 Å². The van der Waals surface area contributed by atoms with Gasteiger partial charge in [-0.1, -0.05) is 292 Å². The summed E-state index contributed by atoms with van der Waals surface area (Å²) in [7, 11) is 0. The Balaban J connectivity index is 0.000000258. The molecule has 0 spiro atoms. The highest BCUT2D eigenvalue weighted by molar-refractivity contribution is 5.33. The van der Waals surface area contributed by atoms with Gasteiger partial charge >= 0.3 is 0 Å². The molecule has 5 aromatic rings. The van der Waals surface area contributed by atoms with Crippen LogP contribution in [0.3, 0.4) is 0 Å². The Morgan fingerprint density at radius 3 is 1.00 bits per heavy atom. The molecule has 1 unspecified atom stereocenters. The summed E-state index contributed by atoms with van der Waals surface area (Å²) in [5.41, 5.74) is 12.9. The summed E-state index contributed by atoms with van der Waals surface area (Å²) in [5, 5.41) is 0. The Morgan fingerprint density at radius 1 is 0.429 bits per heavy atom. The van der Waals surface area contributed by atoms with Gasteiger partial charge in [0.2, 0.25) is 0 Å². The van der Waals surface area contributed by atoms with Gasteiger partial charge < -0.3 is 0 Å². The molecule has 0 bridgehead atoms. The van der Waals surface area contributed by atoms with E-state index < -0.39 is 25.0 Å². The van der Waals surface area contributed by atoms with E-state index in [-0.39, 0.29) is 38.5 Å². The molecule has 0 radical (unpaired) electrons. The zero-order valence-electron chi connectivity index (χ0n) is 56.4. The molecule has 2 fully saturated rings. The number of rotatable bonds is 6. The minimum atomic E-state index is -2.74. The van der Waals surface area contributed by atoms with Crippen molar-refractivity contribution in [2.24, 2.45) is 0 Å². The van der Waals surface area contributed by atoms with Crippen LogP contribution in [0.5, 0.6) is 0 Å². The van der Waals surface area contributed by atoms with E-state index in [1.54, 1.807) is 29.8 Å². The van der Waals surface area contributed by atoms with Crippen molar-refractivity contribution in [2.75, 3.05) is 0 Å². The van der Waals surface area contributed by atoms with Crippen LogP contribution in [0.1, 0.15) is 299 Å². The topological polar surface area (TPSA) is 0 Å². The zero-order valence-corrected chi connectivity index (χ0v) is 48.4. The van der Waals surface area contributed by atoms with Crippen LogP contribution >= 0.6 is 0 Å². The second kappa shape index (κ2) is 26.7. The first-order valence-electron chi connectivity index (χ1n) is 30.9. The van der Waals surface area contributed by atoms with E-state index in [1.807, 2.05) is 34.6 Å². The van der Waals surface area contributed by atoms with Gasteiger partial charge in [0.25, 0.3) is 0 Å². The third-order valence-corrected chi connectivity index (χ3v) is 14.0. The normalized spacial score (nSPS) is 18.3.